The van der Waals surface area contributed by atoms with E-state index in [9.17, 15) is 13.2 Å². The molecule has 1 fully saturated rings. The molecule has 1 saturated heterocycles. The maximum Gasteiger partial charge on any atom is 0.318 e. The summed E-state index contributed by atoms with van der Waals surface area (Å²) in [7, 11) is -2.80. The van der Waals surface area contributed by atoms with Crippen molar-refractivity contribution in [2.24, 2.45) is 0 Å². The maximum atomic E-state index is 11.2. The van der Waals surface area contributed by atoms with Crippen LogP contribution in [0.4, 0.5) is 0 Å². The molecule has 1 rings (SSSR count). The average Bonchev–Trinajstić information content (AvgIpc) is 2.20. The second kappa shape index (κ2) is 6.15. The van der Waals surface area contributed by atoms with E-state index in [0.717, 1.165) is 0 Å². The van der Waals surface area contributed by atoms with Crippen molar-refractivity contribution in [3.8, 4) is 0 Å². The molecule has 16 heavy (non-hydrogen) atoms. The van der Waals surface area contributed by atoms with Crippen LogP contribution < -0.4 is 4.90 Å². The molecule has 0 aromatic heterocycles. The van der Waals surface area contributed by atoms with E-state index in [1.54, 1.807) is 6.92 Å². The van der Waals surface area contributed by atoms with Crippen LogP contribution in [0.25, 0.3) is 0 Å². The number of nitrogens with one attached hydrogen (secondary N) is 1. The Balaban J connectivity index is 2.18. The lowest BCUT2D eigenvalue weighted by Crippen LogP contribution is -3.14. The number of halogens is 1. The van der Waals surface area contributed by atoms with Gasteiger partial charge in [-0.05, 0) is 6.92 Å². The molecule has 1 N–H and O–H groups in total. The Hall–Kier alpha value is 0.110. The molecule has 1 aliphatic heterocycles. The Kier molecular flexibility index (Phi) is 5.45. The van der Waals surface area contributed by atoms with Crippen molar-refractivity contribution in [1.82, 2.24) is 0 Å². The lowest BCUT2D eigenvalue weighted by molar-refractivity contribution is -0.896. The first-order chi connectivity index (χ1) is 7.41. The molecular formula is C9H17INO4S+. The van der Waals surface area contributed by atoms with E-state index < -0.39 is 9.84 Å². The Labute approximate surface area is 110 Å². The van der Waals surface area contributed by atoms with Crippen LogP contribution in [-0.2, 0) is 19.4 Å². The zero-order valence-corrected chi connectivity index (χ0v) is 12.2. The third-order valence-electron chi connectivity index (χ3n) is 2.56. The summed E-state index contributed by atoms with van der Waals surface area (Å²) in [5, 5.41) is 0. The fourth-order valence-electron chi connectivity index (χ4n) is 1.49. The lowest BCUT2D eigenvalue weighted by atomic mass is 10.4. The van der Waals surface area contributed by atoms with E-state index in [4.69, 9.17) is 4.74 Å². The summed E-state index contributed by atoms with van der Waals surface area (Å²) in [4.78, 5) is 12.4. The van der Waals surface area contributed by atoms with Crippen LogP contribution >= 0.6 is 22.6 Å². The zero-order chi connectivity index (χ0) is 12.2. The molecular weight excluding hydrogens is 345 g/mol. The molecule has 0 amide bonds. The van der Waals surface area contributed by atoms with E-state index in [1.807, 2.05) is 22.6 Å². The van der Waals surface area contributed by atoms with Gasteiger partial charge < -0.3 is 9.64 Å². The van der Waals surface area contributed by atoms with Gasteiger partial charge >= 0.3 is 5.97 Å². The molecule has 0 saturated carbocycles. The van der Waals surface area contributed by atoms with Gasteiger partial charge in [0.2, 0.25) is 0 Å². The summed E-state index contributed by atoms with van der Waals surface area (Å²) < 4.78 is 27.2. The SMILES string of the molecule is CC(I)C(=O)OCC[NH+]1CCS(=O)(=O)CC1. The number of hydrogen-bond donors (Lipinski definition) is 1. The first-order valence-electron chi connectivity index (χ1n) is 5.25. The number of hydrogen-bond acceptors (Lipinski definition) is 4. The number of carbonyl (C=O) groups excluding carboxylic acids is 1. The molecule has 0 bridgehead atoms. The highest BCUT2D eigenvalue weighted by Crippen LogP contribution is 2.00. The van der Waals surface area contributed by atoms with Crippen LogP contribution in [0.15, 0.2) is 0 Å². The highest BCUT2D eigenvalue weighted by atomic mass is 127. The van der Waals surface area contributed by atoms with E-state index in [1.165, 1.54) is 4.90 Å². The summed E-state index contributed by atoms with van der Waals surface area (Å²) in [6.07, 6.45) is 0. The van der Waals surface area contributed by atoms with Crippen LogP contribution in [0.5, 0.6) is 0 Å². The maximum absolute atomic E-state index is 11.2. The van der Waals surface area contributed by atoms with Gasteiger partial charge in [-0.25, -0.2) is 8.42 Å². The van der Waals surface area contributed by atoms with Crippen molar-refractivity contribution in [3.63, 3.8) is 0 Å². The van der Waals surface area contributed by atoms with Crippen molar-refractivity contribution in [2.45, 2.75) is 10.8 Å². The minimum Gasteiger partial charge on any atom is -0.459 e. The van der Waals surface area contributed by atoms with Crippen molar-refractivity contribution >= 4 is 38.4 Å². The average molecular weight is 362 g/mol. The Morgan fingerprint density at radius 2 is 2.00 bits per heavy atom. The van der Waals surface area contributed by atoms with Gasteiger partial charge in [0.25, 0.3) is 0 Å². The van der Waals surface area contributed by atoms with Gasteiger partial charge in [-0.2, -0.15) is 0 Å². The summed E-state index contributed by atoms with van der Waals surface area (Å²) >= 11 is 2.01. The quantitative estimate of drug-likeness (QED) is 0.382. The smallest absolute Gasteiger partial charge is 0.318 e. The van der Waals surface area contributed by atoms with E-state index in [-0.39, 0.29) is 21.4 Å². The molecule has 1 heterocycles. The number of alkyl halides is 1. The molecule has 7 heteroatoms. The topological polar surface area (TPSA) is 64.9 Å². The highest BCUT2D eigenvalue weighted by Gasteiger charge is 2.24. The van der Waals surface area contributed by atoms with Gasteiger partial charge in [0.15, 0.2) is 9.84 Å². The predicted octanol–water partition coefficient (Wildman–Crippen LogP) is -1.33. The molecule has 0 aliphatic carbocycles. The van der Waals surface area contributed by atoms with Gasteiger partial charge in [0, 0.05) is 0 Å². The van der Waals surface area contributed by atoms with Crippen LogP contribution in [0.3, 0.4) is 0 Å². The lowest BCUT2D eigenvalue weighted by Gasteiger charge is -2.23. The molecule has 94 valence electrons. The number of quaternary nitrogens is 1. The van der Waals surface area contributed by atoms with E-state index in [2.05, 4.69) is 0 Å². The van der Waals surface area contributed by atoms with Crippen molar-refractivity contribution < 1.29 is 22.8 Å². The minimum atomic E-state index is -2.80. The summed E-state index contributed by atoms with van der Waals surface area (Å²) in [5.41, 5.74) is 0. The molecule has 1 unspecified atom stereocenters. The van der Waals surface area contributed by atoms with E-state index >= 15 is 0 Å². The van der Waals surface area contributed by atoms with Gasteiger partial charge in [0.05, 0.1) is 24.6 Å². The standard InChI is InChI=1S/C9H16INO4S/c1-8(10)9(12)15-5-2-11-3-6-16(13,14)7-4-11/h8H,2-7H2,1H3/p+1. The Morgan fingerprint density at radius 3 is 2.50 bits per heavy atom. The van der Waals surface area contributed by atoms with Crippen LogP contribution in [0.1, 0.15) is 6.92 Å². The first-order valence-corrected chi connectivity index (χ1v) is 8.32. The molecule has 1 atom stereocenters. The van der Waals surface area contributed by atoms with Crippen LogP contribution in [0, 0.1) is 0 Å². The molecule has 0 aromatic rings. The molecule has 0 aromatic carbocycles. The molecule has 5 nitrogen and oxygen atoms in total. The van der Waals surface area contributed by atoms with Gasteiger partial charge in [-0.3, -0.25) is 4.79 Å². The molecule has 0 spiro atoms. The molecule has 0 radical (unpaired) electrons. The van der Waals surface area contributed by atoms with Crippen LogP contribution in [-0.4, -0.2) is 56.1 Å². The number of ether oxygens (including phenoxy) is 1. The van der Waals surface area contributed by atoms with Gasteiger partial charge in [-0.15, -0.1) is 0 Å². The number of rotatable bonds is 4. The fraction of sp³-hybridized carbons (Fsp3) is 0.889. The molecule has 1 aliphatic rings. The van der Waals surface area contributed by atoms with E-state index in [0.29, 0.717) is 26.2 Å². The third-order valence-corrected chi connectivity index (χ3v) is 4.72. The zero-order valence-electron chi connectivity index (χ0n) is 9.24. The van der Waals surface area contributed by atoms with Gasteiger partial charge in [-0.1, -0.05) is 22.6 Å². The summed E-state index contributed by atoms with van der Waals surface area (Å²) in [6.45, 7) is 4.11. The summed E-state index contributed by atoms with van der Waals surface area (Å²) in [6, 6.07) is 0. The van der Waals surface area contributed by atoms with Crippen molar-refractivity contribution in [2.75, 3.05) is 37.7 Å². The largest absolute Gasteiger partial charge is 0.459 e. The fourth-order valence-corrected chi connectivity index (χ4v) is 3.07. The second-order valence-electron chi connectivity index (χ2n) is 3.94. The summed E-state index contributed by atoms with van der Waals surface area (Å²) in [5.74, 6) is 0.294. The first kappa shape index (κ1) is 14.2. The normalized spacial score (nSPS) is 22.6. The predicted molar refractivity (Wildman–Crippen MR) is 68.7 cm³/mol. The van der Waals surface area contributed by atoms with Crippen molar-refractivity contribution in [3.05, 3.63) is 0 Å². The third kappa shape index (κ3) is 4.96. The number of carbonyl (C=O) groups is 1. The Morgan fingerprint density at radius 1 is 1.44 bits per heavy atom. The monoisotopic (exact) mass is 362 g/mol. The Bertz CT molecular complexity index is 327. The second-order valence-corrected chi connectivity index (χ2v) is 8.11. The number of esters is 1. The van der Waals surface area contributed by atoms with Gasteiger partial charge in [0.1, 0.15) is 17.1 Å². The number of sulfone groups is 1. The van der Waals surface area contributed by atoms with Crippen LogP contribution in [0.2, 0.25) is 0 Å². The minimum absolute atomic E-state index is 0.130. The highest BCUT2D eigenvalue weighted by molar-refractivity contribution is 14.1. The van der Waals surface area contributed by atoms with Crippen molar-refractivity contribution in [1.29, 1.82) is 0 Å².